The fraction of sp³-hybridized carbons (Fsp3) is 0.632. The van der Waals surface area contributed by atoms with E-state index in [9.17, 15) is 23.1 Å². The number of ether oxygens (including phenoxy) is 2. The molecule has 2 aliphatic rings. The number of hydrogen-bond acceptors (Lipinski definition) is 4. The number of halogens is 3. The Hall–Kier alpha value is -1.80. The zero-order valence-corrected chi connectivity index (χ0v) is 15.5. The summed E-state index contributed by atoms with van der Waals surface area (Å²) in [4.78, 5) is 14.1. The van der Waals surface area contributed by atoms with E-state index in [1.54, 1.807) is 20.8 Å². The molecule has 0 radical (unpaired) electrons. The molecule has 1 amide bonds. The highest BCUT2D eigenvalue weighted by atomic mass is 19.4. The number of amides is 1. The molecule has 1 aromatic carbocycles. The summed E-state index contributed by atoms with van der Waals surface area (Å²) in [6.45, 7) is 5.53. The summed E-state index contributed by atoms with van der Waals surface area (Å²) in [6.07, 6.45) is -5.20. The molecule has 2 atom stereocenters. The van der Waals surface area contributed by atoms with Gasteiger partial charge >= 0.3 is 12.3 Å². The van der Waals surface area contributed by atoms with Crippen LogP contribution in [0, 0.1) is 0 Å². The average Bonchev–Trinajstić information content (AvgIpc) is 2.51. The first kappa shape index (κ1) is 19.9. The SMILES string of the molecule is CC(C)(C)OC(=O)N1C2COCC1CC(O)(c1ccccc1C(F)(F)F)C2. The number of nitrogens with zero attached hydrogens (tertiary/aromatic N) is 1. The van der Waals surface area contributed by atoms with Crippen LogP contribution in [-0.2, 0) is 21.3 Å². The van der Waals surface area contributed by atoms with Gasteiger partial charge in [-0.25, -0.2) is 4.79 Å². The highest BCUT2D eigenvalue weighted by Crippen LogP contribution is 2.45. The van der Waals surface area contributed by atoms with Crippen LogP contribution < -0.4 is 0 Å². The second-order valence-electron chi connectivity index (χ2n) is 8.22. The first-order valence-electron chi connectivity index (χ1n) is 8.89. The van der Waals surface area contributed by atoms with Crippen molar-refractivity contribution in [2.24, 2.45) is 0 Å². The second-order valence-corrected chi connectivity index (χ2v) is 8.22. The van der Waals surface area contributed by atoms with Crippen molar-refractivity contribution in [3.8, 4) is 0 Å². The summed E-state index contributed by atoms with van der Waals surface area (Å²) in [5.41, 5.74) is -3.39. The number of morpholine rings is 1. The van der Waals surface area contributed by atoms with Gasteiger partial charge in [0.1, 0.15) is 5.60 Å². The van der Waals surface area contributed by atoms with Crippen molar-refractivity contribution in [2.45, 2.75) is 63.1 Å². The molecule has 2 bridgehead atoms. The third-order valence-electron chi connectivity index (χ3n) is 4.89. The second kappa shape index (κ2) is 6.67. The molecule has 2 fully saturated rings. The zero-order valence-electron chi connectivity index (χ0n) is 15.5. The van der Waals surface area contributed by atoms with Crippen LogP contribution in [0.25, 0.3) is 0 Å². The molecule has 5 nitrogen and oxygen atoms in total. The van der Waals surface area contributed by atoms with Crippen molar-refractivity contribution in [3.05, 3.63) is 35.4 Å². The van der Waals surface area contributed by atoms with Gasteiger partial charge in [-0.05, 0) is 32.4 Å². The number of benzene rings is 1. The van der Waals surface area contributed by atoms with Crippen molar-refractivity contribution >= 4 is 6.09 Å². The van der Waals surface area contributed by atoms with E-state index in [0.717, 1.165) is 6.07 Å². The fourth-order valence-electron chi connectivity index (χ4n) is 3.95. The number of rotatable bonds is 1. The molecule has 0 aromatic heterocycles. The number of aliphatic hydroxyl groups is 1. The van der Waals surface area contributed by atoms with Gasteiger partial charge in [0.25, 0.3) is 0 Å². The maximum absolute atomic E-state index is 13.4. The van der Waals surface area contributed by atoms with Gasteiger partial charge in [-0.1, -0.05) is 18.2 Å². The molecule has 150 valence electrons. The van der Waals surface area contributed by atoms with Gasteiger partial charge in [-0.3, -0.25) is 4.90 Å². The molecule has 8 heteroatoms. The van der Waals surface area contributed by atoms with Gasteiger partial charge in [-0.15, -0.1) is 0 Å². The highest BCUT2D eigenvalue weighted by molar-refractivity contribution is 5.69. The number of hydrogen-bond donors (Lipinski definition) is 1. The minimum Gasteiger partial charge on any atom is -0.444 e. The lowest BCUT2D eigenvalue weighted by atomic mass is 9.75. The van der Waals surface area contributed by atoms with Gasteiger partial charge < -0.3 is 14.6 Å². The van der Waals surface area contributed by atoms with Gasteiger partial charge in [0.2, 0.25) is 0 Å². The van der Waals surface area contributed by atoms with E-state index in [2.05, 4.69) is 0 Å². The van der Waals surface area contributed by atoms with Crippen LogP contribution in [0.1, 0.15) is 44.7 Å². The van der Waals surface area contributed by atoms with Crippen LogP contribution >= 0.6 is 0 Å². The lowest BCUT2D eigenvalue weighted by Gasteiger charge is -2.51. The van der Waals surface area contributed by atoms with Gasteiger partial charge in [0.05, 0.1) is 36.5 Å². The first-order valence-corrected chi connectivity index (χ1v) is 8.89. The summed E-state index contributed by atoms with van der Waals surface area (Å²) in [7, 11) is 0. The summed E-state index contributed by atoms with van der Waals surface area (Å²) in [5.74, 6) is 0. The van der Waals surface area contributed by atoms with E-state index >= 15 is 0 Å². The lowest BCUT2D eigenvalue weighted by molar-refractivity contribution is -0.155. The Morgan fingerprint density at radius 3 is 2.26 bits per heavy atom. The van der Waals surface area contributed by atoms with Gasteiger partial charge in [0, 0.05) is 12.8 Å². The van der Waals surface area contributed by atoms with Crippen LogP contribution in [-0.4, -0.2) is 47.0 Å². The summed E-state index contributed by atoms with van der Waals surface area (Å²) < 4.78 is 51.2. The predicted octanol–water partition coefficient (Wildman–Crippen LogP) is 3.69. The van der Waals surface area contributed by atoms with Crippen LogP contribution in [0.2, 0.25) is 0 Å². The third kappa shape index (κ3) is 4.06. The molecule has 0 spiro atoms. The van der Waals surface area contributed by atoms with Crippen LogP contribution in [0.15, 0.2) is 24.3 Å². The Bertz CT molecular complexity index is 700. The fourth-order valence-corrected chi connectivity index (χ4v) is 3.95. The van der Waals surface area contributed by atoms with Crippen LogP contribution in [0.3, 0.4) is 0 Å². The maximum Gasteiger partial charge on any atom is 0.416 e. The molecule has 0 saturated carbocycles. The van der Waals surface area contributed by atoms with Crippen molar-refractivity contribution in [2.75, 3.05) is 13.2 Å². The van der Waals surface area contributed by atoms with E-state index in [4.69, 9.17) is 9.47 Å². The number of piperidine rings is 1. The third-order valence-corrected chi connectivity index (χ3v) is 4.89. The Labute approximate surface area is 156 Å². The van der Waals surface area contributed by atoms with Crippen molar-refractivity contribution in [1.82, 2.24) is 4.90 Å². The quantitative estimate of drug-likeness (QED) is 0.799. The molecule has 2 heterocycles. The monoisotopic (exact) mass is 387 g/mol. The molecule has 1 N–H and O–H groups in total. The molecular weight excluding hydrogens is 363 g/mol. The zero-order chi connectivity index (χ0) is 20.0. The summed E-state index contributed by atoms with van der Waals surface area (Å²) in [6, 6.07) is 3.95. The Morgan fingerprint density at radius 2 is 1.74 bits per heavy atom. The smallest absolute Gasteiger partial charge is 0.416 e. The molecule has 2 unspecified atom stereocenters. The average molecular weight is 387 g/mol. The molecule has 2 saturated heterocycles. The minimum absolute atomic E-state index is 0.0458. The van der Waals surface area contributed by atoms with E-state index in [-0.39, 0.29) is 31.6 Å². The van der Waals surface area contributed by atoms with E-state index < -0.39 is 41.1 Å². The predicted molar refractivity (Wildman–Crippen MR) is 91.0 cm³/mol. The minimum atomic E-state index is -4.57. The number of carbonyl (C=O) groups is 1. The Kier molecular flexibility index (Phi) is 4.93. The van der Waals surface area contributed by atoms with E-state index in [0.29, 0.717) is 0 Å². The van der Waals surface area contributed by atoms with Gasteiger partial charge in [-0.2, -0.15) is 13.2 Å². The maximum atomic E-state index is 13.4. The molecule has 3 rings (SSSR count). The Balaban J connectivity index is 1.92. The largest absolute Gasteiger partial charge is 0.444 e. The normalized spacial score (nSPS) is 28.8. The molecular formula is C19H24F3NO4. The van der Waals surface area contributed by atoms with Crippen molar-refractivity contribution < 1.29 is 32.5 Å². The van der Waals surface area contributed by atoms with Crippen molar-refractivity contribution in [1.29, 1.82) is 0 Å². The summed E-state index contributed by atoms with van der Waals surface area (Å²) in [5, 5.41) is 11.2. The van der Waals surface area contributed by atoms with E-state index in [1.807, 2.05) is 0 Å². The number of carbonyl (C=O) groups excluding carboxylic acids is 1. The Morgan fingerprint density at radius 1 is 1.19 bits per heavy atom. The van der Waals surface area contributed by atoms with Crippen LogP contribution in [0.4, 0.5) is 18.0 Å². The molecule has 1 aromatic rings. The standard InChI is InChI=1S/C19H24F3NO4/c1-17(2,3)27-16(24)23-12-8-18(25,9-13(23)11-26-10-12)14-6-4-5-7-15(14)19(20,21)22/h4-7,12-13,25H,8-11H2,1-3H3. The van der Waals surface area contributed by atoms with E-state index in [1.165, 1.54) is 23.1 Å². The number of fused-ring (bicyclic) bond motifs is 2. The summed E-state index contributed by atoms with van der Waals surface area (Å²) >= 11 is 0. The lowest BCUT2D eigenvalue weighted by Crippen LogP contribution is -2.63. The van der Waals surface area contributed by atoms with Crippen molar-refractivity contribution in [3.63, 3.8) is 0 Å². The first-order chi connectivity index (χ1) is 12.4. The number of alkyl halides is 3. The topological polar surface area (TPSA) is 59.0 Å². The molecule has 0 aliphatic carbocycles. The highest BCUT2D eigenvalue weighted by Gasteiger charge is 2.52. The van der Waals surface area contributed by atoms with Crippen LogP contribution in [0.5, 0.6) is 0 Å². The molecule has 27 heavy (non-hydrogen) atoms. The molecule has 2 aliphatic heterocycles. The van der Waals surface area contributed by atoms with Gasteiger partial charge in [0.15, 0.2) is 0 Å².